The molecule has 3 heteroatoms. The van der Waals surface area contributed by atoms with Gasteiger partial charge in [-0.3, -0.25) is 9.59 Å². The quantitative estimate of drug-likeness (QED) is 0.523. The molecule has 3 aliphatic carbocycles. The van der Waals surface area contributed by atoms with Crippen LogP contribution in [0.15, 0.2) is 18.2 Å². The van der Waals surface area contributed by atoms with E-state index in [0.29, 0.717) is 29.3 Å². The number of ketones is 1. The fourth-order valence-corrected chi connectivity index (χ4v) is 5.65. The van der Waals surface area contributed by atoms with Crippen molar-refractivity contribution in [3.05, 3.63) is 29.3 Å². The van der Waals surface area contributed by atoms with Crippen LogP contribution in [-0.4, -0.2) is 11.8 Å². The van der Waals surface area contributed by atoms with Crippen molar-refractivity contribution in [1.82, 2.24) is 0 Å². The van der Waals surface area contributed by atoms with E-state index in [2.05, 4.69) is 19.1 Å². The third kappa shape index (κ3) is 2.71. The third-order valence-corrected chi connectivity index (χ3v) is 7.23. The smallest absolute Gasteiger partial charge is 0.316 e. The van der Waals surface area contributed by atoms with Crippen LogP contribution < -0.4 is 4.74 Å². The van der Waals surface area contributed by atoms with Gasteiger partial charge in [0.25, 0.3) is 0 Å². The molecule has 0 amide bonds. The number of benzene rings is 1. The molecular weight excluding hydrogens is 324 g/mol. The largest absolute Gasteiger partial charge is 0.426 e. The van der Waals surface area contributed by atoms with Crippen molar-refractivity contribution in [3.8, 4) is 5.75 Å². The SMILES string of the molecule is CC(C)(C)C(=O)Oc1ccc2c(c1)CCC1C2CCC2(C)C(=O)CCC12. The first-order valence-corrected chi connectivity index (χ1v) is 10.1. The predicted molar refractivity (Wildman–Crippen MR) is 101 cm³/mol. The monoisotopic (exact) mass is 354 g/mol. The molecule has 3 aliphatic rings. The summed E-state index contributed by atoms with van der Waals surface area (Å²) in [6, 6.07) is 6.21. The number of fused-ring (bicyclic) bond motifs is 5. The van der Waals surface area contributed by atoms with E-state index in [1.54, 1.807) is 0 Å². The van der Waals surface area contributed by atoms with Gasteiger partial charge in [-0.05, 0) is 93.9 Å². The zero-order valence-corrected chi connectivity index (χ0v) is 16.4. The lowest BCUT2D eigenvalue weighted by molar-refractivity contribution is -0.143. The van der Waals surface area contributed by atoms with Crippen LogP contribution in [0.4, 0.5) is 0 Å². The van der Waals surface area contributed by atoms with Crippen LogP contribution >= 0.6 is 0 Å². The van der Waals surface area contributed by atoms with Crippen molar-refractivity contribution in [2.45, 2.75) is 72.1 Å². The average molecular weight is 354 g/mol. The molecule has 0 bridgehead atoms. The standard InChI is InChI=1S/C23H30O3/c1-22(2,3)21(25)26-15-6-8-16-14(13-15)5-7-18-17(16)11-12-23(4)19(18)9-10-20(23)24/h6,8,13,17-19H,5,7,9-12H2,1-4H3. The summed E-state index contributed by atoms with van der Waals surface area (Å²) >= 11 is 0. The van der Waals surface area contributed by atoms with Crippen LogP contribution in [0.2, 0.25) is 0 Å². The summed E-state index contributed by atoms with van der Waals surface area (Å²) in [6.07, 6.45) is 6.17. The first-order valence-electron chi connectivity index (χ1n) is 10.1. The summed E-state index contributed by atoms with van der Waals surface area (Å²) in [5, 5.41) is 0. The minimum Gasteiger partial charge on any atom is -0.426 e. The second-order valence-electron chi connectivity index (χ2n) is 9.83. The lowest BCUT2D eigenvalue weighted by Crippen LogP contribution is -2.42. The number of rotatable bonds is 1. The first-order chi connectivity index (χ1) is 12.2. The maximum atomic E-state index is 12.4. The maximum absolute atomic E-state index is 12.4. The lowest BCUT2D eigenvalue weighted by atomic mass is 9.55. The van der Waals surface area contributed by atoms with Gasteiger partial charge in [-0.25, -0.2) is 0 Å². The fourth-order valence-electron chi connectivity index (χ4n) is 5.65. The highest BCUT2D eigenvalue weighted by Gasteiger charge is 2.54. The minimum absolute atomic E-state index is 0.0686. The number of aryl methyl sites for hydroxylation is 1. The van der Waals surface area contributed by atoms with E-state index in [-0.39, 0.29) is 11.4 Å². The molecule has 4 unspecified atom stereocenters. The van der Waals surface area contributed by atoms with Crippen molar-refractivity contribution in [2.24, 2.45) is 22.7 Å². The summed E-state index contributed by atoms with van der Waals surface area (Å²) in [4.78, 5) is 24.6. The molecule has 26 heavy (non-hydrogen) atoms. The Balaban J connectivity index is 1.58. The number of hydrogen-bond acceptors (Lipinski definition) is 3. The van der Waals surface area contributed by atoms with Crippen molar-refractivity contribution < 1.29 is 14.3 Å². The van der Waals surface area contributed by atoms with E-state index in [0.717, 1.165) is 38.5 Å². The van der Waals surface area contributed by atoms with Crippen molar-refractivity contribution in [2.75, 3.05) is 0 Å². The summed E-state index contributed by atoms with van der Waals surface area (Å²) < 4.78 is 5.60. The highest BCUT2D eigenvalue weighted by molar-refractivity contribution is 5.87. The van der Waals surface area contributed by atoms with Crippen LogP contribution in [0.25, 0.3) is 0 Å². The van der Waals surface area contributed by atoms with Crippen LogP contribution in [0.1, 0.15) is 76.8 Å². The zero-order valence-electron chi connectivity index (χ0n) is 16.4. The second kappa shape index (κ2) is 5.94. The van der Waals surface area contributed by atoms with Gasteiger partial charge in [0.2, 0.25) is 0 Å². The Kier molecular flexibility index (Phi) is 4.05. The van der Waals surface area contributed by atoms with E-state index in [4.69, 9.17) is 4.74 Å². The van der Waals surface area contributed by atoms with Crippen molar-refractivity contribution in [3.63, 3.8) is 0 Å². The van der Waals surface area contributed by atoms with Gasteiger partial charge in [0.05, 0.1) is 5.41 Å². The fraction of sp³-hybridized carbons (Fsp3) is 0.652. The van der Waals surface area contributed by atoms with Gasteiger partial charge in [-0.15, -0.1) is 0 Å². The van der Waals surface area contributed by atoms with Gasteiger partial charge < -0.3 is 4.74 Å². The summed E-state index contributed by atoms with van der Waals surface area (Å²) in [5.74, 6) is 2.73. The molecule has 4 atom stereocenters. The van der Waals surface area contributed by atoms with E-state index < -0.39 is 5.41 Å². The molecule has 4 rings (SSSR count). The number of Topliss-reactive ketones (excluding diaryl/α,β-unsaturated/α-hetero) is 1. The molecule has 0 heterocycles. The van der Waals surface area contributed by atoms with E-state index in [1.807, 2.05) is 26.8 Å². The highest BCUT2D eigenvalue weighted by Crippen LogP contribution is 2.59. The van der Waals surface area contributed by atoms with Gasteiger partial charge in [0, 0.05) is 11.8 Å². The molecule has 0 aromatic heterocycles. The molecule has 2 saturated carbocycles. The topological polar surface area (TPSA) is 43.4 Å². The van der Waals surface area contributed by atoms with Crippen LogP contribution in [0.5, 0.6) is 5.75 Å². The Hall–Kier alpha value is -1.64. The molecule has 0 N–H and O–H groups in total. The maximum Gasteiger partial charge on any atom is 0.316 e. The third-order valence-electron chi connectivity index (χ3n) is 7.23. The average Bonchev–Trinajstić information content (AvgIpc) is 2.89. The zero-order chi connectivity index (χ0) is 18.7. The highest BCUT2D eigenvalue weighted by atomic mass is 16.5. The Labute approximate surface area is 156 Å². The molecule has 0 saturated heterocycles. The van der Waals surface area contributed by atoms with Crippen molar-refractivity contribution >= 4 is 11.8 Å². The normalized spacial score (nSPS) is 33.2. The molecule has 1 aromatic carbocycles. The molecular formula is C23H30O3. The van der Waals surface area contributed by atoms with E-state index in [9.17, 15) is 9.59 Å². The number of ether oxygens (including phenoxy) is 1. The van der Waals surface area contributed by atoms with Crippen LogP contribution in [-0.2, 0) is 16.0 Å². The van der Waals surface area contributed by atoms with Crippen LogP contribution in [0.3, 0.4) is 0 Å². The summed E-state index contributed by atoms with van der Waals surface area (Å²) in [5.41, 5.74) is 2.20. The first kappa shape index (κ1) is 17.8. The number of carbonyl (C=O) groups excluding carboxylic acids is 2. The Bertz CT molecular complexity index is 757. The molecule has 0 aliphatic heterocycles. The molecule has 1 aromatic rings. The molecule has 2 fully saturated rings. The lowest BCUT2D eigenvalue weighted by Gasteiger charge is -2.48. The Morgan fingerprint density at radius 3 is 2.65 bits per heavy atom. The molecule has 0 spiro atoms. The number of esters is 1. The van der Waals surface area contributed by atoms with Gasteiger partial charge in [0.1, 0.15) is 11.5 Å². The minimum atomic E-state index is -0.496. The molecule has 3 nitrogen and oxygen atoms in total. The Morgan fingerprint density at radius 1 is 1.15 bits per heavy atom. The van der Waals surface area contributed by atoms with Crippen molar-refractivity contribution in [1.29, 1.82) is 0 Å². The summed E-state index contributed by atoms with van der Waals surface area (Å²) in [7, 11) is 0. The predicted octanol–water partition coefficient (Wildman–Crippen LogP) is 5.06. The van der Waals surface area contributed by atoms with Gasteiger partial charge >= 0.3 is 5.97 Å². The van der Waals surface area contributed by atoms with E-state index >= 15 is 0 Å². The molecule has 0 radical (unpaired) electrons. The molecule has 140 valence electrons. The van der Waals surface area contributed by atoms with Gasteiger partial charge in [0.15, 0.2) is 0 Å². The number of hydrogen-bond donors (Lipinski definition) is 0. The second-order valence-corrected chi connectivity index (χ2v) is 9.83. The summed E-state index contributed by atoms with van der Waals surface area (Å²) in [6.45, 7) is 7.84. The van der Waals surface area contributed by atoms with E-state index in [1.165, 1.54) is 11.1 Å². The van der Waals surface area contributed by atoms with Gasteiger partial charge in [-0.1, -0.05) is 13.0 Å². The van der Waals surface area contributed by atoms with Gasteiger partial charge in [-0.2, -0.15) is 0 Å². The van der Waals surface area contributed by atoms with Crippen LogP contribution in [0, 0.1) is 22.7 Å². The number of carbonyl (C=O) groups is 2. The Morgan fingerprint density at radius 2 is 1.92 bits per heavy atom.